The minimum absolute atomic E-state index is 0.145. The molecule has 0 bridgehead atoms. The third-order valence-electron chi connectivity index (χ3n) is 2.38. The molecule has 1 aromatic carbocycles. The molecule has 3 rings (SSSR count). The fraction of sp³-hybridized carbons (Fsp3) is 0. The molecule has 0 unspecified atom stereocenters. The molecule has 90 valence electrons. The second kappa shape index (κ2) is 4.30. The van der Waals surface area contributed by atoms with Crippen molar-refractivity contribution in [3.63, 3.8) is 0 Å². The Bertz CT molecular complexity index is 717. The predicted octanol–water partition coefficient (Wildman–Crippen LogP) is 3.14. The number of halogens is 1. The van der Waals surface area contributed by atoms with Gasteiger partial charge in [0.15, 0.2) is 4.67 Å². The summed E-state index contributed by atoms with van der Waals surface area (Å²) in [5, 5.41) is 0. The average molecular weight is 307 g/mol. The van der Waals surface area contributed by atoms with Gasteiger partial charge >= 0.3 is 5.97 Å². The highest BCUT2D eigenvalue weighted by Crippen LogP contribution is 2.20. The number of hydrogen-bond acceptors (Lipinski definition) is 4. The minimum Gasteiger partial charge on any atom is -0.442 e. The summed E-state index contributed by atoms with van der Waals surface area (Å²) in [7, 11) is 0. The van der Waals surface area contributed by atoms with Crippen LogP contribution in [0.4, 0.5) is 0 Å². The van der Waals surface area contributed by atoms with Crippen LogP contribution in [0.25, 0.3) is 11.0 Å². The normalized spacial score (nSPS) is 10.7. The predicted molar refractivity (Wildman–Crippen MR) is 67.5 cm³/mol. The van der Waals surface area contributed by atoms with Gasteiger partial charge in [-0.25, -0.2) is 9.78 Å². The molecule has 0 amide bonds. The highest BCUT2D eigenvalue weighted by molar-refractivity contribution is 9.10. The van der Waals surface area contributed by atoms with Gasteiger partial charge in [0, 0.05) is 6.07 Å². The Kier molecular flexibility index (Phi) is 2.64. The van der Waals surface area contributed by atoms with Crippen LogP contribution in [-0.4, -0.2) is 15.9 Å². The van der Waals surface area contributed by atoms with Gasteiger partial charge in [-0.05, 0) is 40.2 Å². The maximum atomic E-state index is 11.7. The molecule has 1 N–H and O–H groups in total. The van der Waals surface area contributed by atoms with Crippen molar-refractivity contribution in [3.8, 4) is 5.75 Å². The van der Waals surface area contributed by atoms with Gasteiger partial charge in [-0.3, -0.25) is 0 Å². The molecule has 0 radical (unpaired) electrons. The molecule has 0 aliphatic rings. The smallest absolute Gasteiger partial charge is 0.379 e. The van der Waals surface area contributed by atoms with Crippen molar-refractivity contribution in [1.82, 2.24) is 9.97 Å². The zero-order chi connectivity index (χ0) is 12.5. The molecule has 0 saturated heterocycles. The van der Waals surface area contributed by atoms with Gasteiger partial charge in [-0.1, -0.05) is 0 Å². The van der Waals surface area contributed by atoms with Crippen LogP contribution in [0.1, 0.15) is 10.6 Å². The monoisotopic (exact) mass is 306 g/mol. The molecule has 0 fully saturated rings. The van der Waals surface area contributed by atoms with Crippen molar-refractivity contribution in [2.75, 3.05) is 0 Å². The first-order valence-corrected chi connectivity index (χ1v) is 5.92. The van der Waals surface area contributed by atoms with E-state index in [2.05, 4.69) is 25.9 Å². The second-order valence-electron chi connectivity index (χ2n) is 3.57. The molecule has 3 aromatic rings. The Labute approximate surface area is 110 Å². The first-order chi connectivity index (χ1) is 8.72. The van der Waals surface area contributed by atoms with Crippen LogP contribution in [0.5, 0.6) is 5.75 Å². The van der Waals surface area contributed by atoms with E-state index in [4.69, 9.17) is 9.15 Å². The Morgan fingerprint density at radius 3 is 3.00 bits per heavy atom. The first-order valence-electron chi connectivity index (χ1n) is 5.13. The number of nitrogens with zero attached hydrogens (tertiary/aromatic N) is 1. The molecule has 18 heavy (non-hydrogen) atoms. The van der Waals surface area contributed by atoms with E-state index in [9.17, 15) is 4.79 Å². The van der Waals surface area contributed by atoms with Gasteiger partial charge < -0.3 is 14.1 Å². The van der Waals surface area contributed by atoms with Crippen molar-refractivity contribution in [2.24, 2.45) is 0 Å². The molecule has 2 heterocycles. The SMILES string of the molecule is O=C(Oc1ccc2nc[nH]c2c1)c1ccc(Br)o1. The summed E-state index contributed by atoms with van der Waals surface area (Å²) in [6.07, 6.45) is 1.58. The number of ether oxygens (including phenoxy) is 1. The lowest BCUT2D eigenvalue weighted by atomic mass is 10.3. The summed E-state index contributed by atoms with van der Waals surface area (Å²) < 4.78 is 10.8. The van der Waals surface area contributed by atoms with Crippen molar-refractivity contribution >= 4 is 32.9 Å². The van der Waals surface area contributed by atoms with Gasteiger partial charge in [-0.15, -0.1) is 0 Å². The number of imidazole rings is 1. The summed E-state index contributed by atoms with van der Waals surface area (Å²) in [4.78, 5) is 18.8. The Morgan fingerprint density at radius 1 is 1.33 bits per heavy atom. The standard InChI is InChI=1S/C12H7BrN2O3/c13-11-4-3-10(18-11)12(16)17-7-1-2-8-9(5-7)15-6-14-8/h1-6H,(H,14,15). The van der Waals surface area contributed by atoms with Crippen molar-refractivity contribution in [3.05, 3.63) is 47.1 Å². The van der Waals surface area contributed by atoms with Crippen LogP contribution in [0.2, 0.25) is 0 Å². The summed E-state index contributed by atoms with van der Waals surface area (Å²) >= 11 is 3.13. The van der Waals surface area contributed by atoms with Gasteiger partial charge in [0.1, 0.15) is 5.75 Å². The Balaban J connectivity index is 1.85. The molecular weight excluding hydrogens is 300 g/mol. The lowest BCUT2D eigenvalue weighted by Crippen LogP contribution is -2.06. The Morgan fingerprint density at radius 2 is 2.22 bits per heavy atom. The van der Waals surface area contributed by atoms with Gasteiger partial charge in [0.2, 0.25) is 5.76 Å². The van der Waals surface area contributed by atoms with Crippen LogP contribution in [0.15, 0.2) is 45.7 Å². The third kappa shape index (κ3) is 2.02. The van der Waals surface area contributed by atoms with Crippen LogP contribution in [-0.2, 0) is 0 Å². The minimum atomic E-state index is -0.542. The quantitative estimate of drug-likeness (QED) is 0.583. The Hall–Kier alpha value is -2.08. The van der Waals surface area contributed by atoms with Crippen LogP contribution in [0, 0.1) is 0 Å². The van der Waals surface area contributed by atoms with Crippen LogP contribution >= 0.6 is 15.9 Å². The fourth-order valence-electron chi connectivity index (χ4n) is 1.56. The number of hydrogen-bond donors (Lipinski definition) is 1. The zero-order valence-corrected chi connectivity index (χ0v) is 10.6. The molecule has 0 aliphatic carbocycles. The highest BCUT2D eigenvalue weighted by Gasteiger charge is 2.13. The summed E-state index contributed by atoms with van der Waals surface area (Å²) in [5.41, 5.74) is 1.62. The van der Waals surface area contributed by atoms with E-state index in [-0.39, 0.29) is 5.76 Å². The number of carbonyl (C=O) groups excluding carboxylic acids is 1. The zero-order valence-electron chi connectivity index (χ0n) is 9.01. The first kappa shape index (κ1) is 11.0. The summed E-state index contributed by atoms with van der Waals surface area (Å²) in [5.74, 6) is 0.0374. The number of aromatic nitrogens is 2. The molecule has 0 spiro atoms. The number of fused-ring (bicyclic) bond motifs is 1. The number of aromatic amines is 1. The number of H-pyrrole nitrogens is 1. The summed E-state index contributed by atoms with van der Waals surface area (Å²) in [6, 6.07) is 8.33. The molecule has 0 aliphatic heterocycles. The van der Waals surface area contributed by atoms with Gasteiger partial charge in [-0.2, -0.15) is 0 Å². The second-order valence-corrected chi connectivity index (χ2v) is 4.36. The molecule has 6 heteroatoms. The third-order valence-corrected chi connectivity index (χ3v) is 2.80. The van der Waals surface area contributed by atoms with Crippen molar-refractivity contribution in [1.29, 1.82) is 0 Å². The topological polar surface area (TPSA) is 68.1 Å². The van der Waals surface area contributed by atoms with Crippen LogP contribution in [0.3, 0.4) is 0 Å². The van der Waals surface area contributed by atoms with Crippen molar-refractivity contribution < 1.29 is 13.9 Å². The maximum absolute atomic E-state index is 11.7. The average Bonchev–Trinajstić information content (AvgIpc) is 2.96. The van der Waals surface area contributed by atoms with Crippen LogP contribution < -0.4 is 4.74 Å². The van der Waals surface area contributed by atoms with E-state index >= 15 is 0 Å². The number of furan rings is 1. The van der Waals surface area contributed by atoms with E-state index in [0.29, 0.717) is 10.4 Å². The maximum Gasteiger partial charge on any atom is 0.379 e. The molecule has 0 saturated carbocycles. The van der Waals surface area contributed by atoms with E-state index in [0.717, 1.165) is 11.0 Å². The van der Waals surface area contributed by atoms with E-state index < -0.39 is 5.97 Å². The lowest BCUT2D eigenvalue weighted by Gasteiger charge is -2.01. The number of nitrogens with one attached hydrogen (secondary N) is 1. The van der Waals surface area contributed by atoms with E-state index in [1.165, 1.54) is 0 Å². The largest absolute Gasteiger partial charge is 0.442 e. The number of benzene rings is 1. The van der Waals surface area contributed by atoms with Crippen molar-refractivity contribution in [2.45, 2.75) is 0 Å². The number of rotatable bonds is 2. The lowest BCUT2D eigenvalue weighted by molar-refractivity contribution is 0.0700. The molecule has 0 atom stereocenters. The molecular formula is C12H7BrN2O3. The number of carbonyl (C=O) groups is 1. The van der Waals surface area contributed by atoms with E-state index in [1.54, 1.807) is 36.7 Å². The number of esters is 1. The van der Waals surface area contributed by atoms with Gasteiger partial charge in [0.25, 0.3) is 0 Å². The molecule has 2 aromatic heterocycles. The fourth-order valence-corrected chi connectivity index (χ4v) is 1.87. The van der Waals surface area contributed by atoms with Gasteiger partial charge in [0.05, 0.1) is 17.4 Å². The molecule has 5 nitrogen and oxygen atoms in total. The van der Waals surface area contributed by atoms with E-state index in [1.807, 2.05) is 0 Å². The highest BCUT2D eigenvalue weighted by atomic mass is 79.9. The summed E-state index contributed by atoms with van der Waals surface area (Å²) in [6.45, 7) is 0.